The lowest BCUT2D eigenvalue weighted by atomic mass is 10.1. The Kier molecular flexibility index (Phi) is 8.84. The van der Waals surface area contributed by atoms with E-state index in [0.717, 1.165) is 17.8 Å². The normalized spacial score (nSPS) is 38.4. The molecule has 2 heterocycles. The quantitative estimate of drug-likeness (QED) is 0.494. The van der Waals surface area contributed by atoms with Crippen molar-refractivity contribution in [3.8, 4) is 0 Å². The van der Waals surface area contributed by atoms with E-state index in [2.05, 4.69) is 0 Å². The van der Waals surface area contributed by atoms with E-state index in [1.807, 2.05) is 34.6 Å². The van der Waals surface area contributed by atoms with Crippen LogP contribution in [0.15, 0.2) is 0 Å². The molecule has 0 aromatic rings. The number of hydrogen-bond donors (Lipinski definition) is 2. The average Bonchev–Trinajstić information content (AvgIpc) is 3.02. The first-order valence-corrected chi connectivity index (χ1v) is 13.1. The van der Waals surface area contributed by atoms with Gasteiger partial charge < -0.3 is 28.9 Å². The molecular weight excluding hydrogens is 407 g/mol. The van der Waals surface area contributed by atoms with Crippen molar-refractivity contribution in [1.82, 2.24) is 0 Å². The molecule has 7 atom stereocenters. The summed E-state index contributed by atoms with van der Waals surface area (Å²) in [6, 6.07) is 0. The third-order valence-electron chi connectivity index (χ3n) is 4.57. The fourth-order valence-electron chi connectivity index (χ4n) is 3.42. The zero-order valence-corrected chi connectivity index (χ0v) is 19.3. The van der Waals surface area contributed by atoms with Crippen molar-refractivity contribution in [2.45, 2.75) is 103 Å². The second-order valence-electron chi connectivity index (χ2n) is 8.17. The number of ether oxygens (including phenoxy) is 4. The first-order valence-electron chi connectivity index (χ1n) is 9.88. The van der Waals surface area contributed by atoms with Crippen LogP contribution in [-0.4, -0.2) is 70.9 Å². The minimum atomic E-state index is -4.04. The van der Waals surface area contributed by atoms with Gasteiger partial charge in [-0.05, 0) is 52.9 Å². The summed E-state index contributed by atoms with van der Waals surface area (Å²) >= 11 is 0.798. The second kappa shape index (κ2) is 10.1. The van der Waals surface area contributed by atoms with Crippen molar-refractivity contribution in [2.75, 3.05) is 12.4 Å². The Morgan fingerprint density at radius 3 is 2.46 bits per heavy atom. The Balaban J connectivity index is 1.93. The van der Waals surface area contributed by atoms with Gasteiger partial charge in [0, 0.05) is 18.6 Å². The van der Waals surface area contributed by atoms with E-state index >= 15 is 0 Å². The number of rotatable bonds is 10. The molecule has 0 bridgehead atoms. The van der Waals surface area contributed by atoms with Gasteiger partial charge in [-0.15, -0.1) is 0 Å². The third-order valence-corrected chi connectivity index (χ3v) is 7.58. The Morgan fingerprint density at radius 1 is 1.18 bits per heavy atom. The molecule has 2 N–H and O–H groups in total. The van der Waals surface area contributed by atoms with Crippen LogP contribution in [-0.2, 0) is 28.0 Å². The van der Waals surface area contributed by atoms with Gasteiger partial charge in [0.1, 0.15) is 12.7 Å². The van der Waals surface area contributed by atoms with Crippen LogP contribution in [0.25, 0.3) is 0 Å². The zero-order valence-electron chi connectivity index (χ0n) is 17.6. The lowest BCUT2D eigenvalue weighted by Gasteiger charge is -2.30. The third kappa shape index (κ3) is 7.22. The molecule has 0 aromatic heterocycles. The summed E-state index contributed by atoms with van der Waals surface area (Å²) in [6.45, 7) is 7.15. The summed E-state index contributed by atoms with van der Waals surface area (Å²) in [7, 11) is 0. The highest BCUT2D eigenvalue weighted by Crippen LogP contribution is 2.59. The highest BCUT2D eigenvalue weighted by molar-refractivity contribution is 8.54. The van der Waals surface area contributed by atoms with Gasteiger partial charge in [-0.3, -0.25) is 4.52 Å². The Hall–Kier alpha value is 0.300. The molecule has 0 saturated carbocycles. The highest BCUT2D eigenvalue weighted by atomic mass is 32.7. The van der Waals surface area contributed by atoms with Crippen LogP contribution in [0.3, 0.4) is 0 Å². The average molecular weight is 443 g/mol. The molecule has 2 rings (SSSR count). The standard InChI is InChI=1S/C18H35O8PS/c1-11(2)22-10-18(19)17(8-14(6)25-18)26-27(20,21)28-9-16-15(23-12(3)4)7-13(5)24-16/h11-17,19H,7-10H2,1-6H3,(H,20,21)/t13-,14-,15?,16+,17?,18+/m0/s1. The SMILES string of the molecule is CC(C)OC[C@@]1(O)O[C@@H](C)CC1OP(=O)(O)SC[C@H]1O[C@@H](C)CC1OC(C)C. The molecular formula is C18H35O8PS. The van der Waals surface area contributed by atoms with E-state index in [4.69, 9.17) is 23.5 Å². The highest BCUT2D eigenvalue weighted by Gasteiger charge is 2.50. The largest absolute Gasteiger partial charge is 0.387 e. The molecule has 0 amide bonds. The Labute approximate surface area is 171 Å². The molecule has 2 aliphatic heterocycles. The number of aliphatic hydroxyl groups is 1. The molecule has 3 unspecified atom stereocenters. The predicted octanol–water partition coefficient (Wildman–Crippen LogP) is 3.10. The fraction of sp³-hybridized carbons (Fsp3) is 1.00. The van der Waals surface area contributed by atoms with Gasteiger partial charge in [-0.1, -0.05) is 0 Å². The minimum absolute atomic E-state index is 0.0377. The van der Waals surface area contributed by atoms with Crippen molar-refractivity contribution < 1.29 is 38.0 Å². The summed E-state index contributed by atoms with van der Waals surface area (Å²) < 4.78 is 40.8. The Morgan fingerprint density at radius 2 is 1.86 bits per heavy atom. The summed E-state index contributed by atoms with van der Waals surface area (Å²) in [5.41, 5.74) is 0. The van der Waals surface area contributed by atoms with Gasteiger partial charge in [0.25, 0.3) is 0 Å². The fourth-order valence-corrected chi connectivity index (χ4v) is 6.18. The van der Waals surface area contributed by atoms with E-state index in [1.54, 1.807) is 6.92 Å². The predicted molar refractivity (Wildman–Crippen MR) is 107 cm³/mol. The molecule has 28 heavy (non-hydrogen) atoms. The summed E-state index contributed by atoms with van der Waals surface area (Å²) in [5, 5.41) is 10.7. The summed E-state index contributed by atoms with van der Waals surface area (Å²) in [6.07, 6.45) is -0.623. The van der Waals surface area contributed by atoms with Crippen molar-refractivity contribution >= 4 is 18.2 Å². The lowest BCUT2D eigenvalue weighted by Crippen LogP contribution is -2.45. The molecule has 0 aromatic carbocycles. The smallest absolute Gasteiger partial charge is 0.373 e. The van der Waals surface area contributed by atoms with Crippen molar-refractivity contribution in [1.29, 1.82) is 0 Å². The van der Waals surface area contributed by atoms with Crippen LogP contribution < -0.4 is 0 Å². The van der Waals surface area contributed by atoms with E-state index in [9.17, 15) is 14.6 Å². The molecule has 8 nitrogen and oxygen atoms in total. The van der Waals surface area contributed by atoms with Gasteiger partial charge in [0.2, 0.25) is 5.79 Å². The van der Waals surface area contributed by atoms with Crippen LogP contribution in [0.2, 0.25) is 0 Å². The summed E-state index contributed by atoms with van der Waals surface area (Å²) in [4.78, 5) is 10.4. The maximum absolute atomic E-state index is 12.7. The van der Waals surface area contributed by atoms with Gasteiger partial charge in [-0.25, -0.2) is 4.57 Å². The van der Waals surface area contributed by atoms with Crippen LogP contribution >= 0.6 is 18.2 Å². The summed E-state index contributed by atoms with van der Waals surface area (Å²) in [5.74, 6) is -1.48. The number of hydrogen-bond acceptors (Lipinski definition) is 8. The maximum atomic E-state index is 12.7. The minimum Gasteiger partial charge on any atom is -0.373 e. The molecule has 2 fully saturated rings. The van der Waals surface area contributed by atoms with Crippen LogP contribution in [0.5, 0.6) is 0 Å². The molecule has 166 valence electrons. The van der Waals surface area contributed by atoms with E-state index in [1.165, 1.54) is 0 Å². The molecule has 0 radical (unpaired) electrons. The van der Waals surface area contributed by atoms with Crippen molar-refractivity contribution in [2.24, 2.45) is 0 Å². The molecule has 0 aliphatic carbocycles. The van der Waals surface area contributed by atoms with Gasteiger partial charge in [0.05, 0.1) is 36.6 Å². The van der Waals surface area contributed by atoms with E-state index < -0.39 is 18.7 Å². The van der Waals surface area contributed by atoms with Crippen molar-refractivity contribution in [3.63, 3.8) is 0 Å². The van der Waals surface area contributed by atoms with Crippen LogP contribution in [0, 0.1) is 0 Å². The van der Waals surface area contributed by atoms with Gasteiger partial charge in [0.15, 0.2) is 0 Å². The van der Waals surface area contributed by atoms with E-state index in [-0.39, 0.29) is 49.0 Å². The first-order chi connectivity index (χ1) is 12.9. The monoisotopic (exact) mass is 442 g/mol. The Bertz CT molecular complexity index is 548. The maximum Gasteiger partial charge on any atom is 0.387 e. The molecule has 0 spiro atoms. The topological polar surface area (TPSA) is 104 Å². The molecule has 2 aliphatic rings. The van der Waals surface area contributed by atoms with Crippen LogP contribution in [0.4, 0.5) is 0 Å². The molecule has 2 saturated heterocycles. The van der Waals surface area contributed by atoms with Gasteiger partial charge in [-0.2, -0.15) is 0 Å². The van der Waals surface area contributed by atoms with Gasteiger partial charge >= 0.3 is 6.80 Å². The first kappa shape index (κ1) is 24.6. The zero-order chi connectivity index (χ0) is 21.1. The second-order valence-corrected chi connectivity index (χ2v) is 12.1. The van der Waals surface area contributed by atoms with E-state index in [0.29, 0.717) is 6.42 Å². The lowest BCUT2D eigenvalue weighted by molar-refractivity contribution is -0.251. The molecule has 10 heteroatoms. The van der Waals surface area contributed by atoms with Crippen molar-refractivity contribution in [3.05, 3.63) is 0 Å². The van der Waals surface area contributed by atoms with Crippen LogP contribution in [0.1, 0.15) is 54.4 Å².